The van der Waals surface area contributed by atoms with Gasteiger partial charge in [-0.2, -0.15) is 0 Å². The monoisotopic (exact) mass is 573 g/mol. The number of rotatable bonds is 10. The van der Waals surface area contributed by atoms with E-state index < -0.39 is 0 Å². The maximum absolute atomic E-state index is 13.0. The number of carbonyl (C=O) groups excluding carboxylic acids is 1. The first-order valence-electron chi connectivity index (χ1n) is 13.0. The van der Waals surface area contributed by atoms with Crippen LogP contribution in [0.15, 0.2) is 77.3 Å². The van der Waals surface area contributed by atoms with Crippen molar-refractivity contribution in [1.82, 2.24) is 9.55 Å². The van der Waals surface area contributed by atoms with E-state index in [2.05, 4.69) is 26.6 Å². The van der Waals surface area contributed by atoms with Crippen molar-refractivity contribution in [2.24, 2.45) is 0 Å². The van der Waals surface area contributed by atoms with Crippen molar-refractivity contribution in [2.45, 2.75) is 38.6 Å². The Bertz CT molecular complexity index is 1460. The summed E-state index contributed by atoms with van der Waals surface area (Å²) in [5.41, 5.74) is 4.07. The van der Waals surface area contributed by atoms with Crippen LogP contribution >= 0.6 is 15.9 Å². The molecule has 1 aromatic heterocycles. The lowest BCUT2D eigenvalue weighted by atomic mass is 10.1. The summed E-state index contributed by atoms with van der Waals surface area (Å²) >= 11 is 3.60. The fraction of sp³-hybridized carbons (Fsp3) is 0.290. The van der Waals surface area contributed by atoms with Crippen LogP contribution in [0.2, 0.25) is 0 Å². The average Bonchev–Trinajstić information content (AvgIpc) is 3.50. The number of imidazole rings is 1. The summed E-state index contributed by atoms with van der Waals surface area (Å²) in [5.74, 6) is 2.65. The van der Waals surface area contributed by atoms with Crippen LogP contribution in [0.4, 0.5) is 5.69 Å². The van der Waals surface area contributed by atoms with Gasteiger partial charge in [-0.3, -0.25) is 4.79 Å². The number of allylic oxidation sites excluding steroid dienone is 1. The SMILES string of the molecule is C/C=C/c1ccc(OCCCCn2c(C3CC(=O)N(c4ccccc4Br)C3)nc3ccccc32)c(OC)c1. The zero-order valence-electron chi connectivity index (χ0n) is 21.8. The number of aryl methyl sites for hydroxylation is 1. The third-order valence-electron chi connectivity index (χ3n) is 6.90. The predicted molar refractivity (Wildman–Crippen MR) is 156 cm³/mol. The molecule has 1 amide bonds. The Morgan fingerprint density at radius 3 is 2.68 bits per heavy atom. The molecule has 1 aliphatic rings. The van der Waals surface area contributed by atoms with Gasteiger partial charge in [0, 0.05) is 29.9 Å². The molecule has 4 aromatic rings. The number of amides is 1. The van der Waals surface area contributed by atoms with Crippen LogP contribution in [-0.4, -0.2) is 35.7 Å². The third-order valence-corrected chi connectivity index (χ3v) is 7.57. The Labute approximate surface area is 232 Å². The Hall–Kier alpha value is -3.58. The molecule has 3 aromatic carbocycles. The number of halogens is 1. The highest BCUT2D eigenvalue weighted by Crippen LogP contribution is 2.36. The third kappa shape index (κ3) is 5.48. The van der Waals surface area contributed by atoms with Gasteiger partial charge in [-0.1, -0.05) is 42.5 Å². The minimum Gasteiger partial charge on any atom is -0.493 e. The summed E-state index contributed by atoms with van der Waals surface area (Å²) in [6.07, 6.45) is 6.31. The van der Waals surface area contributed by atoms with Crippen LogP contribution in [0.3, 0.4) is 0 Å². The molecule has 5 rings (SSSR count). The highest BCUT2D eigenvalue weighted by Gasteiger charge is 2.35. The van der Waals surface area contributed by atoms with E-state index in [1.165, 1.54) is 0 Å². The van der Waals surface area contributed by atoms with Gasteiger partial charge in [-0.05, 0) is 77.7 Å². The second-order valence-corrected chi connectivity index (χ2v) is 10.3. The highest BCUT2D eigenvalue weighted by atomic mass is 79.9. The van der Waals surface area contributed by atoms with E-state index in [4.69, 9.17) is 14.5 Å². The topological polar surface area (TPSA) is 56.6 Å². The molecule has 38 heavy (non-hydrogen) atoms. The molecular formula is C31H32BrN3O3. The van der Waals surface area contributed by atoms with Crippen LogP contribution in [0.1, 0.15) is 43.5 Å². The number of fused-ring (bicyclic) bond motifs is 1. The first kappa shape index (κ1) is 26.0. The molecule has 1 saturated heterocycles. The Morgan fingerprint density at radius 2 is 1.87 bits per heavy atom. The van der Waals surface area contributed by atoms with Crippen molar-refractivity contribution in [2.75, 3.05) is 25.2 Å². The standard InChI is InChI=1S/C31H32BrN3O3/c1-3-10-22-15-16-28(29(19-22)37-2)38-18-9-8-17-34-27-14-7-5-12-25(27)33-31(34)23-20-30(36)35(21-23)26-13-6-4-11-24(26)32/h3-7,10-16,19,23H,8-9,17-18,20-21H2,1-2H3/b10-3+. The average molecular weight is 575 g/mol. The number of benzene rings is 3. The van der Waals surface area contributed by atoms with Crippen LogP contribution in [-0.2, 0) is 11.3 Å². The summed E-state index contributed by atoms with van der Waals surface area (Å²) in [7, 11) is 1.67. The molecule has 7 heteroatoms. The molecule has 0 saturated carbocycles. The molecule has 1 aliphatic heterocycles. The summed E-state index contributed by atoms with van der Waals surface area (Å²) in [6.45, 7) is 4.03. The quantitative estimate of drug-likeness (QED) is 0.188. The lowest BCUT2D eigenvalue weighted by molar-refractivity contribution is -0.117. The van der Waals surface area contributed by atoms with Crippen LogP contribution in [0.5, 0.6) is 11.5 Å². The summed E-state index contributed by atoms with van der Waals surface area (Å²) < 4.78 is 14.8. The van der Waals surface area contributed by atoms with Crippen molar-refractivity contribution < 1.29 is 14.3 Å². The largest absolute Gasteiger partial charge is 0.493 e. The fourth-order valence-electron chi connectivity index (χ4n) is 5.08. The first-order valence-corrected chi connectivity index (χ1v) is 13.8. The molecule has 196 valence electrons. The molecule has 0 aliphatic carbocycles. The number of carbonyl (C=O) groups is 1. The van der Waals surface area contributed by atoms with Gasteiger partial charge in [0.1, 0.15) is 5.82 Å². The summed E-state index contributed by atoms with van der Waals surface area (Å²) in [6, 6.07) is 22.1. The summed E-state index contributed by atoms with van der Waals surface area (Å²) in [5, 5.41) is 0. The number of para-hydroxylation sites is 3. The second-order valence-electron chi connectivity index (χ2n) is 9.43. The minimum atomic E-state index is 0.0400. The number of aromatic nitrogens is 2. The van der Waals surface area contributed by atoms with Crippen LogP contribution in [0.25, 0.3) is 17.1 Å². The number of hydrogen-bond donors (Lipinski definition) is 0. The molecule has 0 bridgehead atoms. The van der Waals surface area contributed by atoms with E-state index >= 15 is 0 Å². The van der Waals surface area contributed by atoms with Gasteiger partial charge in [-0.15, -0.1) is 0 Å². The molecule has 1 fully saturated rings. The molecule has 2 heterocycles. The van der Waals surface area contributed by atoms with E-state index in [-0.39, 0.29) is 11.8 Å². The zero-order valence-corrected chi connectivity index (χ0v) is 23.4. The molecule has 0 N–H and O–H groups in total. The van der Waals surface area contributed by atoms with Gasteiger partial charge in [0.15, 0.2) is 11.5 Å². The molecular weight excluding hydrogens is 542 g/mol. The number of hydrogen-bond acceptors (Lipinski definition) is 4. The lowest BCUT2D eigenvalue weighted by Gasteiger charge is -2.19. The van der Waals surface area contributed by atoms with Crippen molar-refractivity contribution in [3.05, 3.63) is 88.7 Å². The van der Waals surface area contributed by atoms with Gasteiger partial charge in [0.05, 0.1) is 30.4 Å². The number of methoxy groups -OCH3 is 1. The smallest absolute Gasteiger partial charge is 0.227 e. The van der Waals surface area contributed by atoms with Gasteiger partial charge >= 0.3 is 0 Å². The Balaban J connectivity index is 1.27. The van der Waals surface area contributed by atoms with Gasteiger partial charge in [0.25, 0.3) is 0 Å². The lowest BCUT2D eigenvalue weighted by Crippen LogP contribution is -2.25. The van der Waals surface area contributed by atoms with E-state index in [0.29, 0.717) is 19.6 Å². The summed E-state index contributed by atoms with van der Waals surface area (Å²) in [4.78, 5) is 19.9. The molecule has 6 nitrogen and oxygen atoms in total. The molecule has 1 unspecified atom stereocenters. The number of ether oxygens (including phenoxy) is 2. The fourth-order valence-corrected chi connectivity index (χ4v) is 5.58. The number of nitrogens with zero attached hydrogens (tertiary/aromatic N) is 3. The minimum absolute atomic E-state index is 0.0400. The number of anilines is 1. The Morgan fingerprint density at radius 1 is 1.05 bits per heavy atom. The molecule has 1 atom stereocenters. The van der Waals surface area contributed by atoms with E-state index in [1.54, 1.807) is 7.11 Å². The predicted octanol–water partition coefficient (Wildman–Crippen LogP) is 7.22. The van der Waals surface area contributed by atoms with Crippen molar-refractivity contribution >= 4 is 44.6 Å². The second kappa shape index (κ2) is 11.9. The molecule has 0 spiro atoms. The number of unbranched alkanes of at least 4 members (excludes halogenated alkanes) is 1. The van der Waals surface area contributed by atoms with E-state index in [1.807, 2.05) is 84.6 Å². The normalized spacial score (nSPS) is 15.6. The van der Waals surface area contributed by atoms with Crippen molar-refractivity contribution in [1.29, 1.82) is 0 Å². The van der Waals surface area contributed by atoms with Crippen molar-refractivity contribution in [3.63, 3.8) is 0 Å². The van der Waals surface area contributed by atoms with Gasteiger partial charge < -0.3 is 18.9 Å². The maximum atomic E-state index is 13.0. The van der Waals surface area contributed by atoms with E-state index in [0.717, 1.165) is 63.5 Å². The highest BCUT2D eigenvalue weighted by molar-refractivity contribution is 9.10. The Kier molecular flexibility index (Phi) is 8.13. The maximum Gasteiger partial charge on any atom is 0.227 e. The van der Waals surface area contributed by atoms with Crippen LogP contribution < -0.4 is 14.4 Å². The zero-order chi connectivity index (χ0) is 26.5. The molecule has 0 radical (unpaired) electrons. The van der Waals surface area contributed by atoms with Gasteiger partial charge in [-0.25, -0.2) is 4.98 Å². The van der Waals surface area contributed by atoms with Crippen molar-refractivity contribution in [3.8, 4) is 11.5 Å². The van der Waals surface area contributed by atoms with E-state index in [9.17, 15) is 4.79 Å². The van der Waals surface area contributed by atoms with Gasteiger partial charge in [0.2, 0.25) is 5.91 Å². The van der Waals surface area contributed by atoms with Crippen LogP contribution in [0, 0.1) is 0 Å². The first-order chi connectivity index (χ1) is 18.6.